The van der Waals surface area contributed by atoms with Crippen molar-refractivity contribution in [2.75, 3.05) is 20.8 Å². The highest BCUT2D eigenvalue weighted by Gasteiger charge is 2.33. The van der Waals surface area contributed by atoms with Crippen LogP contribution in [0.15, 0.2) is 18.2 Å². The molecular weight excluding hydrogens is 260 g/mol. The number of rotatable bonds is 5. The maximum Gasteiger partial charge on any atom is 0.223 e. The molecule has 2 N–H and O–H groups in total. The van der Waals surface area contributed by atoms with Gasteiger partial charge in [-0.1, -0.05) is 0 Å². The van der Waals surface area contributed by atoms with Crippen LogP contribution < -0.4 is 15.2 Å². The molecule has 1 aromatic rings. The lowest BCUT2D eigenvalue weighted by molar-refractivity contribution is -0.128. The minimum Gasteiger partial charge on any atom is -0.497 e. The van der Waals surface area contributed by atoms with Crippen LogP contribution in [0, 0.1) is 5.92 Å². The van der Waals surface area contributed by atoms with Crippen LogP contribution >= 0.6 is 0 Å². The minimum atomic E-state index is -0.428. The second kappa shape index (κ2) is 5.81. The molecule has 20 heavy (non-hydrogen) atoms. The second-order valence-corrected chi connectivity index (χ2v) is 4.76. The van der Waals surface area contributed by atoms with Crippen LogP contribution in [0.1, 0.15) is 12.0 Å². The van der Waals surface area contributed by atoms with Gasteiger partial charge in [-0.05, 0) is 12.1 Å². The van der Waals surface area contributed by atoms with E-state index in [4.69, 9.17) is 15.2 Å². The van der Waals surface area contributed by atoms with Crippen molar-refractivity contribution in [2.24, 2.45) is 11.7 Å². The Morgan fingerprint density at radius 3 is 2.70 bits per heavy atom. The van der Waals surface area contributed by atoms with Gasteiger partial charge in [0.25, 0.3) is 0 Å². The van der Waals surface area contributed by atoms with Gasteiger partial charge in [-0.15, -0.1) is 0 Å². The van der Waals surface area contributed by atoms with E-state index in [9.17, 15) is 9.59 Å². The summed E-state index contributed by atoms with van der Waals surface area (Å²) in [5.74, 6) is 0.453. The summed E-state index contributed by atoms with van der Waals surface area (Å²) >= 11 is 0. The molecule has 1 fully saturated rings. The molecule has 1 aliphatic heterocycles. The zero-order chi connectivity index (χ0) is 14.7. The van der Waals surface area contributed by atoms with Gasteiger partial charge in [0.2, 0.25) is 11.8 Å². The Balaban J connectivity index is 2.14. The van der Waals surface area contributed by atoms with Crippen molar-refractivity contribution >= 4 is 11.8 Å². The number of nitrogens with zero attached hydrogens (tertiary/aromatic N) is 1. The third-order valence-electron chi connectivity index (χ3n) is 3.47. The Hall–Kier alpha value is -2.24. The molecule has 0 unspecified atom stereocenters. The molecule has 1 aromatic carbocycles. The lowest BCUT2D eigenvalue weighted by Crippen LogP contribution is -2.28. The highest BCUT2D eigenvalue weighted by atomic mass is 16.5. The molecule has 0 aliphatic carbocycles. The average molecular weight is 278 g/mol. The smallest absolute Gasteiger partial charge is 0.223 e. The topological polar surface area (TPSA) is 81.9 Å². The van der Waals surface area contributed by atoms with Crippen molar-refractivity contribution in [3.63, 3.8) is 0 Å². The second-order valence-electron chi connectivity index (χ2n) is 4.76. The number of likely N-dealkylation sites (tertiary alicyclic amines) is 1. The molecular formula is C14H18N2O4. The SMILES string of the molecule is COc1ccc(CN2C[C@H](C(N)=O)CC2=O)c(OC)c1. The van der Waals surface area contributed by atoms with Crippen LogP contribution in [0.2, 0.25) is 0 Å². The Labute approximate surface area is 117 Å². The van der Waals surface area contributed by atoms with E-state index in [1.165, 1.54) is 0 Å². The summed E-state index contributed by atoms with van der Waals surface area (Å²) in [5.41, 5.74) is 6.12. The van der Waals surface area contributed by atoms with Gasteiger partial charge in [0, 0.05) is 31.1 Å². The fourth-order valence-electron chi connectivity index (χ4n) is 2.30. The molecule has 0 spiro atoms. The van der Waals surface area contributed by atoms with E-state index in [-0.39, 0.29) is 12.3 Å². The fraction of sp³-hybridized carbons (Fsp3) is 0.429. The molecule has 108 valence electrons. The first-order chi connectivity index (χ1) is 9.55. The molecule has 0 bridgehead atoms. The van der Waals surface area contributed by atoms with E-state index in [1.54, 1.807) is 25.2 Å². The number of methoxy groups -OCH3 is 2. The first-order valence-electron chi connectivity index (χ1n) is 6.33. The number of benzene rings is 1. The van der Waals surface area contributed by atoms with Gasteiger partial charge in [0.05, 0.1) is 20.1 Å². The quantitative estimate of drug-likeness (QED) is 0.852. The average Bonchev–Trinajstić information content (AvgIpc) is 2.81. The van der Waals surface area contributed by atoms with Crippen LogP contribution in [0.5, 0.6) is 11.5 Å². The van der Waals surface area contributed by atoms with Crippen molar-refractivity contribution in [1.82, 2.24) is 4.90 Å². The Morgan fingerprint density at radius 2 is 2.15 bits per heavy atom. The first-order valence-corrected chi connectivity index (χ1v) is 6.33. The molecule has 1 atom stereocenters. The zero-order valence-corrected chi connectivity index (χ0v) is 11.6. The van der Waals surface area contributed by atoms with Gasteiger partial charge < -0.3 is 20.1 Å². The number of hydrogen-bond donors (Lipinski definition) is 1. The lowest BCUT2D eigenvalue weighted by Gasteiger charge is -2.18. The maximum absolute atomic E-state index is 11.9. The van der Waals surface area contributed by atoms with Crippen molar-refractivity contribution in [3.05, 3.63) is 23.8 Å². The molecule has 1 heterocycles. The summed E-state index contributed by atoms with van der Waals surface area (Å²) in [4.78, 5) is 24.6. The predicted octanol–water partition coefficient (Wildman–Crippen LogP) is 0.538. The molecule has 0 radical (unpaired) electrons. The molecule has 0 saturated carbocycles. The summed E-state index contributed by atoms with van der Waals surface area (Å²) in [7, 11) is 3.15. The summed E-state index contributed by atoms with van der Waals surface area (Å²) in [5, 5.41) is 0. The summed E-state index contributed by atoms with van der Waals surface area (Å²) in [6.45, 7) is 0.763. The molecule has 1 saturated heterocycles. The molecule has 2 rings (SSSR count). The minimum absolute atomic E-state index is 0.0633. The number of hydrogen-bond acceptors (Lipinski definition) is 4. The van der Waals surface area contributed by atoms with E-state index in [2.05, 4.69) is 0 Å². The Bertz CT molecular complexity index is 530. The van der Waals surface area contributed by atoms with Gasteiger partial charge >= 0.3 is 0 Å². The molecule has 0 aromatic heterocycles. The summed E-state index contributed by atoms with van der Waals surface area (Å²) in [6, 6.07) is 5.42. The lowest BCUT2D eigenvalue weighted by atomic mass is 10.1. The summed E-state index contributed by atoms with van der Waals surface area (Å²) in [6.07, 6.45) is 0.188. The maximum atomic E-state index is 11.9. The van der Waals surface area contributed by atoms with Gasteiger partial charge in [-0.25, -0.2) is 0 Å². The third kappa shape index (κ3) is 2.84. The number of carbonyl (C=O) groups is 2. The van der Waals surface area contributed by atoms with E-state index in [0.717, 1.165) is 5.56 Å². The van der Waals surface area contributed by atoms with Gasteiger partial charge in [-0.2, -0.15) is 0 Å². The third-order valence-corrected chi connectivity index (χ3v) is 3.47. The van der Waals surface area contributed by atoms with Gasteiger partial charge in [-0.3, -0.25) is 9.59 Å². The van der Waals surface area contributed by atoms with Gasteiger partial charge in [0.15, 0.2) is 0 Å². The molecule has 1 aliphatic rings. The highest BCUT2D eigenvalue weighted by molar-refractivity contribution is 5.88. The normalized spacial score (nSPS) is 18.2. The molecule has 6 heteroatoms. The first kappa shape index (κ1) is 14.2. The summed E-state index contributed by atoms with van der Waals surface area (Å²) < 4.78 is 10.4. The predicted molar refractivity (Wildman–Crippen MR) is 72.3 cm³/mol. The number of amides is 2. The van der Waals surface area contributed by atoms with E-state index >= 15 is 0 Å². The number of carbonyl (C=O) groups excluding carboxylic acids is 2. The molecule has 2 amide bonds. The van der Waals surface area contributed by atoms with Crippen LogP contribution in [0.25, 0.3) is 0 Å². The van der Waals surface area contributed by atoms with Crippen molar-refractivity contribution < 1.29 is 19.1 Å². The van der Waals surface area contributed by atoms with E-state index in [0.29, 0.717) is 24.6 Å². The Morgan fingerprint density at radius 1 is 1.40 bits per heavy atom. The molecule has 6 nitrogen and oxygen atoms in total. The zero-order valence-electron chi connectivity index (χ0n) is 11.6. The van der Waals surface area contributed by atoms with Crippen LogP contribution in [0.4, 0.5) is 0 Å². The standard InChI is InChI=1S/C14H18N2O4/c1-19-11-4-3-9(12(6-11)20-2)7-16-8-10(14(15)18)5-13(16)17/h3-4,6,10H,5,7-8H2,1-2H3,(H2,15,18)/t10-/m1/s1. The number of primary amides is 1. The van der Waals surface area contributed by atoms with E-state index in [1.807, 2.05) is 12.1 Å². The number of nitrogens with two attached hydrogens (primary N) is 1. The fourth-order valence-corrected chi connectivity index (χ4v) is 2.30. The highest BCUT2D eigenvalue weighted by Crippen LogP contribution is 2.28. The Kier molecular flexibility index (Phi) is 4.12. The van der Waals surface area contributed by atoms with Crippen LogP contribution in [-0.2, 0) is 16.1 Å². The van der Waals surface area contributed by atoms with Crippen molar-refractivity contribution in [3.8, 4) is 11.5 Å². The number of ether oxygens (including phenoxy) is 2. The monoisotopic (exact) mass is 278 g/mol. The van der Waals surface area contributed by atoms with Crippen LogP contribution in [-0.4, -0.2) is 37.5 Å². The van der Waals surface area contributed by atoms with Crippen molar-refractivity contribution in [1.29, 1.82) is 0 Å². The van der Waals surface area contributed by atoms with Gasteiger partial charge in [0.1, 0.15) is 11.5 Å². The van der Waals surface area contributed by atoms with Crippen LogP contribution in [0.3, 0.4) is 0 Å². The largest absolute Gasteiger partial charge is 0.497 e. The van der Waals surface area contributed by atoms with Crippen molar-refractivity contribution in [2.45, 2.75) is 13.0 Å². The van der Waals surface area contributed by atoms with E-state index < -0.39 is 11.8 Å².